The summed E-state index contributed by atoms with van der Waals surface area (Å²) in [7, 11) is 0. The SMILES string of the molecule is CC1CC1NCc1nc2c(ccc3cc(-c4ccc5c(ccc6[nH]c([C@@H]7C[C@H]8C[C@H]8N7)nc65)c4)ccc32)[nH]1. The number of piperidine rings is 1. The van der Waals surface area contributed by atoms with E-state index in [1.54, 1.807) is 0 Å². The number of H-pyrrole nitrogens is 2. The molecule has 2 aromatic heterocycles. The van der Waals surface area contributed by atoms with Crippen LogP contribution in [-0.4, -0.2) is 32.0 Å². The molecule has 6 aromatic rings. The van der Waals surface area contributed by atoms with Crippen molar-refractivity contribution in [2.75, 3.05) is 0 Å². The van der Waals surface area contributed by atoms with Crippen LogP contribution in [0, 0.1) is 11.8 Å². The summed E-state index contributed by atoms with van der Waals surface area (Å²) in [5.41, 5.74) is 6.79. The number of benzene rings is 4. The molecule has 0 radical (unpaired) electrons. The number of nitrogens with one attached hydrogen (secondary N) is 4. The highest BCUT2D eigenvalue weighted by Gasteiger charge is 2.46. The number of rotatable bonds is 5. The zero-order valence-corrected chi connectivity index (χ0v) is 21.4. The molecule has 9 rings (SSSR count). The van der Waals surface area contributed by atoms with Gasteiger partial charge >= 0.3 is 0 Å². The van der Waals surface area contributed by atoms with Crippen LogP contribution in [0.15, 0.2) is 60.7 Å². The summed E-state index contributed by atoms with van der Waals surface area (Å²) in [5.74, 6) is 3.74. The summed E-state index contributed by atoms with van der Waals surface area (Å²) in [4.78, 5) is 17.1. The van der Waals surface area contributed by atoms with Gasteiger partial charge in [0.25, 0.3) is 0 Å². The van der Waals surface area contributed by atoms with Crippen molar-refractivity contribution in [2.45, 2.75) is 50.9 Å². The lowest BCUT2D eigenvalue weighted by molar-refractivity contribution is 0.544. The van der Waals surface area contributed by atoms with Gasteiger partial charge in [-0.3, -0.25) is 0 Å². The largest absolute Gasteiger partial charge is 0.341 e. The molecule has 6 nitrogen and oxygen atoms in total. The van der Waals surface area contributed by atoms with Crippen LogP contribution in [0.1, 0.15) is 43.9 Å². The minimum Gasteiger partial charge on any atom is -0.341 e. The molecule has 5 atom stereocenters. The van der Waals surface area contributed by atoms with Gasteiger partial charge in [0, 0.05) is 22.9 Å². The summed E-state index contributed by atoms with van der Waals surface area (Å²) in [6.45, 7) is 3.09. The van der Waals surface area contributed by atoms with Gasteiger partial charge in [0.05, 0.1) is 34.7 Å². The van der Waals surface area contributed by atoms with Crippen molar-refractivity contribution < 1.29 is 0 Å². The standard InChI is InChI=1S/C32H30N6/c1-16-10-26(16)33-15-29-35-24-8-4-19-11-17(2-6-22(19)30(24)37-29)18-3-7-23-20(12-18)5-9-25-31(23)38-32(36-25)28-14-21-13-27(21)34-28/h2-9,11-12,16,21,26-28,33-34H,10,13-15H2,1H3,(H,35,37)(H,36,38)/t16?,21-,26?,27-,28+/m1/s1. The third-order valence-electron chi connectivity index (χ3n) is 9.18. The van der Waals surface area contributed by atoms with E-state index in [-0.39, 0.29) is 0 Å². The third-order valence-corrected chi connectivity index (χ3v) is 9.18. The van der Waals surface area contributed by atoms with Gasteiger partial charge in [0.2, 0.25) is 0 Å². The Balaban J connectivity index is 1.05. The fraction of sp³-hybridized carbons (Fsp3) is 0.312. The number of hydrogen-bond acceptors (Lipinski definition) is 4. The number of imidazole rings is 2. The minimum atomic E-state index is 0.369. The van der Waals surface area contributed by atoms with Crippen molar-refractivity contribution in [1.82, 2.24) is 30.6 Å². The Kier molecular flexibility index (Phi) is 4.27. The Morgan fingerprint density at radius 2 is 1.47 bits per heavy atom. The van der Waals surface area contributed by atoms with Crippen LogP contribution in [0.3, 0.4) is 0 Å². The van der Waals surface area contributed by atoms with Crippen LogP contribution in [-0.2, 0) is 6.54 Å². The van der Waals surface area contributed by atoms with E-state index in [0.717, 1.165) is 52.1 Å². The Morgan fingerprint density at radius 1 is 0.789 bits per heavy atom. The maximum atomic E-state index is 5.05. The lowest BCUT2D eigenvalue weighted by atomic mass is 9.98. The molecule has 0 spiro atoms. The van der Waals surface area contributed by atoms with Crippen LogP contribution in [0.2, 0.25) is 0 Å². The third kappa shape index (κ3) is 3.33. The van der Waals surface area contributed by atoms with Crippen molar-refractivity contribution in [3.63, 3.8) is 0 Å². The summed E-state index contributed by atoms with van der Waals surface area (Å²) in [6, 6.07) is 24.0. The second-order valence-electron chi connectivity index (χ2n) is 11.9. The van der Waals surface area contributed by atoms with Crippen molar-refractivity contribution in [3.8, 4) is 11.1 Å². The van der Waals surface area contributed by atoms with Gasteiger partial charge < -0.3 is 20.6 Å². The monoisotopic (exact) mass is 498 g/mol. The topological polar surface area (TPSA) is 81.4 Å². The Morgan fingerprint density at radius 3 is 2.13 bits per heavy atom. The predicted octanol–water partition coefficient (Wildman–Crippen LogP) is 6.33. The van der Waals surface area contributed by atoms with E-state index >= 15 is 0 Å². The highest BCUT2D eigenvalue weighted by atomic mass is 15.1. The molecule has 3 fully saturated rings. The van der Waals surface area contributed by atoms with Gasteiger partial charge in [-0.15, -0.1) is 0 Å². The van der Waals surface area contributed by atoms with Crippen LogP contribution >= 0.6 is 0 Å². The van der Waals surface area contributed by atoms with E-state index < -0.39 is 0 Å². The van der Waals surface area contributed by atoms with Crippen molar-refractivity contribution >= 4 is 43.6 Å². The number of fused-ring (bicyclic) bond motifs is 7. The molecule has 0 amide bonds. The molecular weight excluding hydrogens is 468 g/mol. The summed E-state index contributed by atoms with van der Waals surface area (Å²) < 4.78 is 0. The van der Waals surface area contributed by atoms with Crippen LogP contribution in [0.5, 0.6) is 0 Å². The zero-order chi connectivity index (χ0) is 25.0. The van der Waals surface area contributed by atoms with Gasteiger partial charge in [-0.1, -0.05) is 43.3 Å². The summed E-state index contributed by atoms with van der Waals surface area (Å²) >= 11 is 0. The lowest BCUT2D eigenvalue weighted by Gasteiger charge is -2.08. The molecule has 3 heterocycles. The number of aromatic nitrogens is 4. The van der Waals surface area contributed by atoms with E-state index in [1.165, 1.54) is 51.9 Å². The van der Waals surface area contributed by atoms with Crippen LogP contribution in [0.4, 0.5) is 0 Å². The lowest BCUT2D eigenvalue weighted by Crippen LogP contribution is -2.18. The summed E-state index contributed by atoms with van der Waals surface area (Å²) in [5, 5.41) is 12.2. The van der Waals surface area contributed by atoms with Gasteiger partial charge in [0.1, 0.15) is 11.6 Å². The number of aromatic amines is 2. The summed E-state index contributed by atoms with van der Waals surface area (Å²) in [6.07, 6.45) is 3.81. The molecule has 3 aliphatic rings. The molecule has 4 N–H and O–H groups in total. The highest BCUT2D eigenvalue weighted by Crippen LogP contribution is 2.46. The average molecular weight is 499 g/mol. The normalized spacial score (nSPS) is 26.1. The second kappa shape index (κ2) is 7.65. The first kappa shape index (κ1) is 21.2. The average Bonchev–Trinajstić information content (AvgIpc) is 3.61. The highest BCUT2D eigenvalue weighted by molar-refractivity contribution is 6.07. The number of hydrogen-bond donors (Lipinski definition) is 4. The van der Waals surface area contributed by atoms with Crippen LogP contribution in [0.25, 0.3) is 54.7 Å². The fourth-order valence-corrected chi connectivity index (χ4v) is 6.65. The minimum absolute atomic E-state index is 0.369. The van der Waals surface area contributed by atoms with Gasteiger partial charge in [-0.2, -0.15) is 0 Å². The first-order valence-electron chi connectivity index (χ1n) is 14.0. The van der Waals surface area contributed by atoms with E-state index in [4.69, 9.17) is 9.97 Å². The van der Waals surface area contributed by atoms with Gasteiger partial charge in [0.15, 0.2) is 0 Å². The quantitative estimate of drug-likeness (QED) is 0.224. The van der Waals surface area contributed by atoms with E-state index in [0.29, 0.717) is 18.1 Å². The van der Waals surface area contributed by atoms with E-state index in [1.807, 2.05) is 0 Å². The molecule has 38 heavy (non-hydrogen) atoms. The molecule has 188 valence electrons. The smallest absolute Gasteiger partial charge is 0.124 e. The van der Waals surface area contributed by atoms with E-state index in [2.05, 4.69) is 88.2 Å². The molecule has 2 unspecified atom stereocenters. The van der Waals surface area contributed by atoms with Crippen molar-refractivity contribution in [1.29, 1.82) is 0 Å². The van der Waals surface area contributed by atoms with Crippen molar-refractivity contribution in [3.05, 3.63) is 72.3 Å². The molecule has 0 bridgehead atoms. The second-order valence-corrected chi connectivity index (χ2v) is 11.9. The predicted molar refractivity (Wildman–Crippen MR) is 153 cm³/mol. The Hall–Kier alpha value is -3.74. The Labute approximate surface area is 220 Å². The molecular formula is C32H30N6. The fourth-order valence-electron chi connectivity index (χ4n) is 6.65. The molecule has 1 saturated heterocycles. The van der Waals surface area contributed by atoms with Crippen LogP contribution < -0.4 is 10.6 Å². The maximum Gasteiger partial charge on any atom is 0.124 e. The van der Waals surface area contributed by atoms with E-state index in [9.17, 15) is 0 Å². The molecule has 2 saturated carbocycles. The maximum absolute atomic E-state index is 5.05. The molecule has 6 heteroatoms. The molecule has 1 aliphatic heterocycles. The first-order valence-corrected chi connectivity index (χ1v) is 14.0. The molecule has 4 aromatic carbocycles. The molecule has 2 aliphatic carbocycles. The zero-order valence-electron chi connectivity index (χ0n) is 21.4. The Bertz CT molecular complexity index is 1890. The van der Waals surface area contributed by atoms with Gasteiger partial charge in [-0.25, -0.2) is 9.97 Å². The first-order chi connectivity index (χ1) is 18.7. The van der Waals surface area contributed by atoms with Crippen molar-refractivity contribution in [2.24, 2.45) is 11.8 Å². The van der Waals surface area contributed by atoms with Gasteiger partial charge in [-0.05, 0) is 77.3 Å². The number of nitrogens with zero attached hydrogens (tertiary/aromatic N) is 2.